The van der Waals surface area contributed by atoms with Gasteiger partial charge in [-0.2, -0.15) is 5.26 Å². The summed E-state index contributed by atoms with van der Waals surface area (Å²) in [6, 6.07) is 6.82. The summed E-state index contributed by atoms with van der Waals surface area (Å²) < 4.78 is 5.06. The summed E-state index contributed by atoms with van der Waals surface area (Å²) in [5, 5.41) is 18.5. The average molecular weight is 286 g/mol. The molecule has 0 bridgehead atoms. The number of carboxylic acids is 1. The minimum atomic E-state index is -1.46. The van der Waals surface area contributed by atoms with Crippen LogP contribution in [0.4, 0.5) is 5.69 Å². The lowest BCUT2D eigenvalue weighted by atomic mass is 10.1. The Balaban J connectivity index is 2.78. The number of rotatable bonds is 4. The van der Waals surface area contributed by atoms with Gasteiger partial charge in [-0.3, -0.25) is 0 Å². The quantitative estimate of drug-likeness (QED) is 0.866. The first-order chi connectivity index (χ1) is 10.0. The van der Waals surface area contributed by atoms with E-state index in [1.54, 1.807) is 24.3 Å². The van der Waals surface area contributed by atoms with Crippen LogP contribution in [-0.4, -0.2) is 24.2 Å². The standard InChI is InChI=1S/C15H14N2O4/c1-3-17(4-2)9-5-6-10-11(8-16)13(14(18)19)15(20)21-12(10)7-9/h5-7H,3-4H2,1-2H3,(H,18,19). The molecule has 0 atom stereocenters. The molecule has 2 aromatic rings. The maximum atomic E-state index is 11.8. The minimum Gasteiger partial charge on any atom is -0.477 e. The summed E-state index contributed by atoms with van der Waals surface area (Å²) in [7, 11) is 0. The smallest absolute Gasteiger partial charge is 0.352 e. The third kappa shape index (κ3) is 2.46. The first kappa shape index (κ1) is 14.6. The molecule has 6 heteroatoms. The summed E-state index contributed by atoms with van der Waals surface area (Å²) in [6.45, 7) is 5.56. The maximum Gasteiger partial charge on any atom is 0.352 e. The molecule has 1 heterocycles. The Bertz CT molecular complexity index is 798. The molecule has 0 saturated heterocycles. The molecule has 0 radical (unpaired) electrons. The van der Waals surface area contributed by atoms with E-state index in [0.717, 1.165) is 18.8 Å². The van der Waals surface area contributed by atoms with Crippen LogP contribution in [0.25, 0.3) is 11.0 Å². The third-order valence-electron chi connectivity index (χ3n) is 3.35. The molecule has 21 heavy (non-hydrogen) atoms. The van der Waals surface area contributed by atoms with E-state index in [1.165, 1.54) is 0 Å². The van der Waals surface area contributed by atoms with Crippen molar-refractivity contribution in [3.05, 3.63) is 39.7 Å². The highest BCUT2D eigenvalue weighted by atomic mass is 16.4. The monoisotopic (exact) mass is 286 g/mol. The third-order valence-corrected chi connectivity index (χ3v) is 3.35. The van der Waals surface area contributed by atoms with Crippen LogP contribution in [-0.2, 0) is 0 Å². The zero-order valence-electron chi connectivity index (χ0n) is 11.7. The number of hydrogen-bond donors (Lipinski definition) is 1. The van der Waals surface area contributed by atoms with Crippen LogP contribution in [0.2, 0.25) is 0 Å². The SMILES string of the molecule is CCN(CC)c1ccc2c(C#N)c(C(=O)O)c(=O)oc2c1. The van der Waals surface area contributed by atoms with Crippen LogP contribution in [0.5, 0.6) is 0 Å². The molecule has 2 rings (SSSR count). The number of carboxylic acid groups (broad SMARTS) is 1. The first-order valence-electron chi connectivity index (χ1n) is 6.52. The van der Waals surface area contributed by atoms with Crippen LogP contribution in [0.15, 0.2) is 27.4 Å². The van der Waals surface area contributed by atoms with Crippen molar-refractivity contribution in [2.75, 3.05) is 18.0 Å². The lowest BCUT2D eigenvalue weighted by Gasteiger charge is -2.21. The molecular weight excluding hydrogens is 272 g/mol. The number of benzene rings is 1. The molecule has 0 unspecified atom stereocenters. The maximum absolute atomic E-state index is 11.8. The molecule has 1 aromatic heterocycles. The van der Waals surface area contributed by atoms with Gasteiger partial charge in [0.25, 0.3) is 0 Å². The Kier molecular flexibility index (Phi) is 3.94. The largest absolute Gasteiger partial charge is 0.477 e. The molecule has 0 spiro atoms. The van der Waals surface area contributed by atoms with E-state index < -0.39 is 17.2 Å². The van der Waals surface area contributed by atoms with Gasteiger partial charge in [0.15, 0.2) is 5.56 Å². The number of aromatic carboxylic acids is 1. The lowest BCUT2D eigenvalue weighted by Crippen LogP contribution is -2.22. The van der Waals surface area contributed by atoms with Gasteiger partial charge in [-0.25, -0.2) is 9.59 Å². The zero-order chi connectivity index (χ0) is 15.6. The van der Waals surface area contributed by atoms with E-state index in [4.69, 9.17) is 14.8 Å². The van der Waals surface area contributed by atoms with Crippen molar-refractivity contribution in [1.29, 1.82) is 5.26 Å². The molecule has 0 fully saturated rings. The van der Waals surface area contributed by atoms with Crippen molar-refractivity contribution in [2.45, 2.75) is 13.8 Å². The molecule has 0 aliphatic heterocycles. The van der Waals surface area contributed by atoms with Crippen LogP contribution in [0, 0.1) is 11.3 Å². The zero-order valence-corrected chi connectivity index (χ0v) is 11.7. The van der Waals surface area contributed by atoms with Crippen molar-refractivity contribution in [3.63, 3.8) is 0 Å². The lowest BCUT2D eigenvalue weighted by molar-refractivity contribution is 0.0692. The van der Waals surface area contributed by atoms with Gasteiger partial charge in [-0.1, -0.05) is 0 Å². The van der Waals surface area contributed by atoms with Gasteiger partial charge in [0.05, 0.1) is 5.56 Å². The Morgan fingerprint density at radius 2 is 2.05 bits per heavy atom. The van der Waals surface area contributed by atoms with Gasteiger partial charge in [0.1, 0.15) is 11.7 Å². The van der Waals surface area contributed by atoms with Gasteiger partial charge >= 0.3 is 11.6 Å². The van der Waals surface area contributed by atoms with Crippen molar-refractivity contribution in [3.8, 4) is 6.07 Å². The molecule has 0 amide bonds. The topological polar surface area (TPSA) is 94.5 Å². The Hall–Kier alpha value is -2.81. The molecule has 1 aromatic carbocycles. The van der Waals surface area contributed by atoms with E-state index >= 15 is 0 Å². The van der Waals surface area contributed by atoms with Crippen molar-refractivity contribution in [2.24, 2.45) is 0 Å². The molecular formula is C15H14N2O4. The highest BCUT2D eigenvalue weighted by Crippen LogP contribution is 2.25. The molecule has 0 saturated carbocycles. The fourth-order valence-electron chi connectivity index (χ4n) is 2.29. The first-order valence-corrected chi connectivity index (χ1v) is 6.52. The molecule has 108 valence electrons. The van der Waals surface area contributed by atoms with Gasteiger partial charge in [0, 0.05) is 30.2 Å². The second-order valence-corrected chi connectivity index (χ2v) is 4.41. The predicted octanol–water partition coefficient (Wildman–Crippen LogP) is 2.21. The highest BCUT2D eigenvalue weighted by Gasteiger charge is 2.20. The van der Waals surface area contributed by atoms with E-state index in [2.05, 4.69) is 4.90 Å². The van der Waals surface area contributed by atoms with Crippen LogP contribution >= 0.6 is 0 Å². The average Bonchev–Trinajstić information content (AvgIpc) is 2.46. The fourth-order valence-corrected chi connectivity index (χ4v) is 2.29. The van der Waals surface area contributed by atoms with Gasteiger partial charge in [-0.05, 0) is 26.0 Å². The number of anilines is 1. The predicted molar refractivity (Wildman–Crippen MR) is 77.7 cm³/mol. The Morgan fingerprint density at radius 3 is 2.57 bits per heavy atom. The normalized spacial score (nSPS) is 10.3. The second-order valence-electron chi connectivity index (χ2n) is 4.41. The van der Waals surface area contributed by atoms with Crippen molar-refractivity contribution >= 4 is 22.6 Å². The molecule has 0 aliphatic carbocycles. The van der Waals surface area contributed by atoms with Gasteiger partial charge in [-0.15, -0.1) is 0 Å². The minimum absolute atomic E-state index is 0.167. The summed E-state index contributed by atoms with van der Waals surface area (Å²) >= 11 is 0. The Labute approximate surface area is 120 Å². The van der Waals surface area contributed by atoms with Crippen molar-refractivity contribution < 1.29 is 14.3 Å². The number of nitrogens with zero attached hydrogens (tertiary/aromatic N) is 2. The van der Waals surface area contributed by atoms with Crippen LogP contribution in [0.3, 0.4) is 0 Å². The van der Waals surface area contributed by atoms with Crippen LogP contribution < -0.4 is 10.5 Å². The molecule has 0 aliphatic rings. The van der Waals surface area contributed by atoms with E-state index in [1.807, 2.05) is 13.8 Å². The van der Waals surface area contributed by atoms with Crippen LogP contribution in [0.1, 0.15) is 29.8 Å². The van der Waals surface area contributed by atoms with Gasteiger partial charge in [0.2, 0.25) is 0 Å². The number of carbonyl (C=O) groups is 1. The number of fused-ring (bicyclic) bond motifs is 1. The summed E-state index contributed by atoms with van der Waals surface area (Å²) in [5.41, 5.74) is -0.739. The van der Waals surface area contributed by atoms with E-state index in [-0.39, 0.29) is 11.1 Å². The van der Waals surface area contributed by atoms with E-state index in [9.17, 15) is 9.59 Å². The van der Waals surface area contributed by atoms with Crippen molar-refractivity contribution in [1.82, 2.24) is 0 Å². The fraction of sp³-hybridized carbons (Fsp3) is 0.267. The van der Waals surface area contributed by atoms with E-state index in [0.29, 0.717) is 5.39 Å². The summed E-state index contributed by atoms with van der Waals surface area (Å²) in [4.78, 5) is 24.9. The highest BCUT2D eigenvalue weighted by molar-refractivity contribution is 5.97. The summed E-state index contributed by atoms with van der Waals surface area (Å²) in [6.07, 6.45) is 0. The molecule has 6 nitrogen and oxygen atoms in total. The molecule has 1 N–H and O–H groups in total. The second kappa shape index (κ2) is 5.67. The number of nitriles is 1. The summed E-state index contributed by atoms with van der Waals surface area (Å²) in [5.74, 6) is -1.46. The van der Waals surface area contributed by atoms with Gasteiger partial charge < -0.3 is 14.4 Å². The number of hydrogen-bond acceptors (Lipinski definition) is 5. The Morgan fingerprint density at radius 1 is 1.38 bits per heavy atom.